The Hall–Kier alpha value is -3.67. The lowest BCUT2D eigenvalue weighted by atomic mass is 10.1. The fraction of sp³-hybridized carbons (Fsp3) is 0.0476. The Balaban J connectivity index is 1.61. The quantitative estimate of drug-likeness (QED) is 0.476. The molecule has 2 aromatic heterocycles. The molecular formula is C21H17FN4O. The molecule has 0 spiro atoms. The van der Waals surface area contributed by atoms with Gasteiger partial charge in [-0.1, -0.05) is 18.2 Å². The first kappa shape index (κ1) is 16.8. The summed E-state index contributed by atoms with van der Waals surface area (Å²) in [6.07, 6.45) is 1.76. The van der Waals surface area contributed by atoms with Gasteiger partial charge in [0.2, 0.25) is 5.91 Å². The number of rotatable bonds is 4. The van der Waals surface area contributed by atoms with E-state index < -0.39 is 0 Å². The fourth-order valence-electron chi connectivity index (χ4n) is 2.93. The normalized spacial score (nSPS) is 10.7. The number of hydrogen-bond acceptors (Lipinski definition) is 3. The highest BCUT2D eigenvalue weighted by molar-refractivity contribution is 5.90. The van der Waals surface area contributed by atoms with Crippen molar-refractivity contribution in [2.75, 3.05) is 10.6 Å². The third-order valence-corrected chi connectivity index (χ3v) is 4.09. The van der Waals surface area contributed by atoms with Crippen molar-refractivity contribution in [1.82, 2.24) is 9.97 Å². The van der Waals surface area contributed by atoms with Crippen molar-refractivity contribution >= 4 is 34.0 Å². The average Bonchev–Trinajstić information content (AvgIpc) is 3.05. The standard InChI is InChI=1S/C21H17FN4O/c1-13(27)24-17-6-3-7-18(10-17)25-21-11-20-15(12-23-21)9-19(26-20)14-4-2-5-16(22)8-14/h2-12,26H,1H3,(H,23,25)(H,24,27). The smallest absolute Gasteiger partial charge is 0.221 e. The monoisotopic (exact) mass is 360 g/mol. The first-order valence-electron chi connectivity index (χ1n) is 8.46. The number of carbonyl (C=O) groups is 1. The molecule has 27 heavy (non-hydrogen) atoms. The maximum absolute atomic E-state index is 13.5. The molecule has 0 unspecified atom stereocenters. The Morgan fingerprint density at radius 2 is 1.85 bits per heavy atom. The van der Waals surface area contributed by atoms with Crippen LogP contribution in [0, 0.1) is 5.82 Å². The van der Waals surface area contributed by atoms with Gasteiger partial charge in [0.1, 0.15) is 11.6 Å². The molecule has 0 aliphatic heterocycles. The maximum atomic E-state index is 13.5. The minimum atomic E-state index is -0.273. The number of carbonyl (C=O) groups excluding carboxylic acids is 1. The number of benzene rings is 2. The van der Waals surface area contributed by atoms with Gasteiger partial charge in [0.15, 0.2) is 0 Å². The molecule has 5 nitrogen and oxygen atoms in total. The van der Waals surface area contributed by atoms with E-state index in [2.05, 4.69) is 20.6 Å². The molecule has 4 aromatic rings. The van der Waals surface area contributed by atoms with Crippen molar-refractivity contribution in [3.8, 4) is 11.3 Å². The highest BCUT2D eigenvalue weighted by Crippen LogP contribution is 2.27. The van der Waals surface area contributed by atoms with Crippen molar-refractivity contribution in [2.24, 2.45) is 0 Å². The molecule has 0 saturated heterocycles. The molecule has 2 heterocycles. The summed E-state index contributed by atoms with van der Waals surface area (Å²) in [6, 6.07) is 17.7. The number of hydrogen-bond donors (Lipinski definition) is 3. The number of nitrogens with zero attached hydrogens (tertiary/aromatic N) is 1. The van der Waals surface area contributed by atoms with Crippen molar-refractivity contribution in [1.29, 1.82) is 0 Å². The zero-order valence-electron chi connectivity index (χ0n) is 14.6. The number of fused-ring (bicyclic) bond motifs is 1. The molecule has 0 aliphatic rings. The average molecular weight is 360 g/mol. The third-order valence-electron chi connectivity index (χ3n) is 4.09. The van der Waals surface area contributed by atoms with Gasteiger partial charge < -0.3 is 15.6 Å². The van der Waals surface area contributed by atoms with E-state index in [1.54, 1.807) is 12.3 Å². The summed E-state index contributed by atoms with van der Waals surface area (Å²) < 4.78 is 13.5. The number of H-pyrrole nitrogens is 1. The number of nitrogens with one attached hydrogen (secondary N) is 3. The lowest BCUT2D eigenvalue weighted by Crippen LogP contribution is -2.05. The molecule has 0 radical (unpaired) electrons. The topological polar surface area (TPSA) is 69.8 Å². The van der Waals surface area contributed by atoms with Crippen LogP contribution in [0.5, 0.6) is 0 Å². The largest absolute Gasteiger partial charge is 0.354 e. The highest BCUT2D eigenvalue weighted by Gasteiger charge is 2.07. The summed E-state index contributed by atoms with van der Waals surface area (Å²) in [7, 11) is 0. The molecule has 0 saturated carbocycles. The Morgan fingerprint density at radius 3 is 2.67 bits per heavy atom. The van der Waals surface area contributed by atoms with E-state index in [0.29, 0.717) is 11.5 Å². The van der Waals surface area contributed by atoms with E-state index in [9.17, 15) is 9.18 Å². The fourth-order valence-corrected chi connectivity index (χ4v) is 2.93. The number of anilines is 3. The Morgan fingerprint density at radius 1 is 1.04 bits per heavy atom. The van der Waals surface area contributed by atoms with Gasteiger partial charge in [0.05, 0.1) is 5.52 Å². The van der Waals surface area contributed by atoms with Crippen LogP contribution in [0.15, 0.2) is 66.9 Å². The van der Waals surface area contributed by atoms with E-state index >= 15 is 0 Å². The summed E-state index contributed by atoms with van der Waals surface area (Å²) in [5.41, 5.74) is 4.02. The van der Waals surface area contributed by atoms with E-state index in [4.69, 9.17) is 0 Å². The van der Waals surface area contributed by atoms with Crippen LogP contribution >= 0.6 is 0 Å². The summed E-state index contributed by atoms with van der Waals surface area (Å²) in [5.74, 6) is 0.267. The van der Waals surface area contributed by atoms with E-state index in [-0.39, 0.29) is 11.7 Å². The second-order valence-corrected chi connectivity index (χ2v) is 6.24. The second-order valence-electron chi connectivity index (χ2n) is 6.24. The Bertz CT molecular complexity index is 1140. The zero-order chi connectivity index (χ0) is 18.8. The van der Waals surface area contributed by atoms with Gasteiger partial charge in [-0.15, -0.1) is 0 Å². The van der Waals surface area contributed by atoms with Crippen molar-refractivity contribution in [3.05, 3.63) is 72.7 Å². The van der Waals surface area contributed by atoms with Gasteiger partial charge in [-0.05, 0) is 36.4 Å². The van der Waals surface area contributed by atoms with Gasteiger partial charge in [-0.3, -0.25) is 4.79 Å². The van der Waals surface area contributed by atoms with Crippen LogP contribution in [0.2, 0.25) is 0 Å². The first-order chi connectivity index (χ1) is 13.1. The molecule has 4 rings (SSSR count). The second kappa shape index (κ2) is 6.92. The van der Waals surface area contributed by atoms with Crippen LogP contribution in [-0.2, 0) is 4.79 Å². The molecule has 134 valence electrons. The summed E-state index contributed by atoms with van der Waals surface area (Å²) in [4.78, 5) is 18.9. The van der Waals surface area contributed by atoms with Gasteiger partial charge in [-0.25, -0.2) is 9.37 Å². The Labute approximate surface area is 155 Å². The first-order valence-corrected chi connectivity index (χ1v) is 8.46. The van der Waals surface area contributed by atoms with E-state index in [1.165, 1.54) is 19.1 Å². The predicted molar refractivity (Wildman–Crippen MR) is 106 cm³/mol. The van der Waals surface area contributed by atoms with Crippen LogP contribution in [0.3, 0.4) is 0 Å². The Kier molecular flexibility index (Phi) is 4.30. The molecule has 0 aliphatic carbocycles. The number of amides is 1. The maximum Gasteiger partial charge on any atom is 0.221 e. The van der Waals surface area contributed by atoms with Crippen molar-refractivity contribution < 1.29 is 9.18 Å². The molecule has 0 bridgehead atoms. The number of aromatic nitrogens is 2. The van der Waals surface area contributed by atoms with Crippen LogP contribution in [0.1, 0.15) is 6.92 Å². The summed E-state index contributed by atoms with van der Waals surface area (Å²) in [5, 5.41) is 6.91. The van der Waals surface area contributed by atoms with Gasteiger partial charge in [-0.2, -0.15) is 0 Å². The number of pyridine rings is 1. The van der Waals surface area contributed by atoms with Gasteiger partial charge in [0, 0.05) is 47.2 Å². The van der Waals surface area contributed by atoms with Crippen LogP contribution in [0.25, 0.3) is 22.2 Å². The minimum absolute atomic E-state index is 0.122. The van der Waals surface area contributed by atoms with Crippen LogP contribution in [-0.4, -0.2) is 15.9 Å². The molecule has 0 fully saturated rings. The third kappa shape index (κ3) is 3.79. The van der Waals surface area contributed by atoms with E-state index in [1.807, 2.05) is 42.5 Å². The highest BCUT2D eigenvalue weighted by atomic mass is 19.1. The number of aromatic amines is 1. The van der Waals surface area contributed by atoms with Crippen LogP contribution < -0.4 is 10.6 Å². The van der Waals surface area contributed by atoms with Crippen LogP contribution in [0.4, 0.5) is 21.6 Å². The molecule has 1 amide bonds. The van der Waals surface area contributed by atoms with Gasteiger partial charge in [0.25, 0.3) is 0 Å². The SMILES string of the molecule is CC(=O)Nc1cccc(Nc2cc3[nH]c(-c4cccc(F)c4)cc3cn2)c1. The molecule has 3 N–H and O–H groups in total. The lowest BCUT2D eigenvalue weighted by Gasteiger charge is -2.08. The lowest BCUT2D eigenvalue weighted by molar-refractivity contribution is -0.114. The molecule has 2 aromatic carbocycles. The minimum Gasteiger partial charge on any atom is -0.354 e. The predicted octanol–water partition coefficient (Wildman–Crippen LogP) is 5.07. The summed E-state index contributed by atoms with van der Waals surface area (Å²) in [6.45, 7) is 1.47. The summed E-state index contributed by atoms with van der Waals surface area (Å²) >= 11 is 0. The molecule has 6 heteroatoms. The van der Waals surface area contributed by atoms with Gasteiger partial charge >= 0.3 is 0 Å². The molecular weight excluding hydrogens is 343 g/mol. The van der Waals surface area contributed by atoms with E-state index in [0.717, 1.165) is 27.8 Å². The van der Waals surface area contributed by atoms with Crippen molar-refractivity contribution in [2.45, 2.75) is 6.92 Å². The van der Waals surface area contributed by atoms with Crippen molar-refractivity contribution in [3.63, 3.8) is 0 Å². The molecule has 0 atom stereocenters. The zero-order valence-corrected chi connectivity index (χ0v) is 14.6. The number of halogens is 1.